The number of nitrogens with one attached hydrogen (secondary N) is 1. The molecule has 0 amide bonds. The summed E-state index contributed by atoms with van der Waals surface area (Å²) in [5, 5.41) is 12.5. The SMILES string of the molecule is CCCCN(CCO)c1cc(NCCC)nc(C)n1. The Hall–Kier alpha value is -1.36. The quantitative estimate of drug-likeness (QED) is 0.717. The van der Waals surface area contributed by atoms with Crippen molar-refractivity contribution >= 4 is 11.6 Å². The Balaban J connectivity index is 2.84. The van der Waals surface area contributed by atoms with Crippen LogP contribution in [0.4, 0.5) is 11.6 Å². The third-order valence-electron chi connectivity index (χ3n) is 2.86. The van der Waals surface area contributed by atoms with Crippen molar-refractivity contribution in [1.82, 2.24) is 9.97 Å². The fraction of sp³-hybridized carbons (Fsp3) is 0.714. The van der Waals surface area contributed by atoms with E-state index in [9.17, 15) is 5.11 Å². The summed E-state index contributed by atoms with van der Waals surface area (Å²) in [5.41, 5.74) is 0. The third-order valence-corrected chi connectivity index (χ3v) is 2.86. The molecule has 1 rings (SSSR count). The molecule has 1 aromatic rings. The molecular formula is C14H26N4O. The molecule has 0 bridgehead atoms. The molecule has 5 heteroatoms. The minimum Gasteiger partial charge on any atom is -0.395 e. The van der Waals surface area contributed by atoms with Gasteiger partial charge in [0, 0.05) is 25.7 Å². The first-order valence-electron chi connectivity index (χ1n) is 7.16. The molecule has 5 nitrogen and oxygen atoms in total. The third kappa shape index (κ3) is 5.42. The molecule has 0 aliphatic carbocycles. The maximum Gasteiger partial charge on any atom is 0.134 e. The zero-order valence-corrected chi connectivity index (χ0v) is 12.3. The number of aliphatic hydroxyl groups is 1. The lowest BCUT2D eigenvalue weighted by atomic mass is 10.3. The van der Waals surface area contributed by atoms with Crippen LogP contribution in [0.25, 0.3) is 0 Å². The molecule has 1 aromatic heterocycles. The molecule has 0 aliphatic rings. The second-order valence-electron chi connectivity index (χ2n) is 4.65. The Kier molecular flexibility index (Phi) is 7.18. The van der Waals surface area contributed by atoms with Crippen molar-refractivity contribution in [3.05, 3.63) is 11.9 Å². The van der Waals surface area contributed by atoms with Crippen molar-refractivity contribution < 1.29 is 5.11 Å². The van der Waals surface area contributed by atoms with E-state index in [1.165, 1.54) is 0 Å². The summed E-state index contributed by atoms with van der Waals surface area (Å²) in [5.74, 6) is 2.52. The van der Waals surface area contributed by atoms with Gasteiger partial charge in [-0.05, 0) is 19.8 Å². The van der Waals surface area contributed by atoms with Crippen molar-refractivity contribution in [2.45, 2.75) is 40.0 Å². The van der Waals surface area contributed by atoms with Gasteiger partial charge in [-0.15, -0.1) is 0 Å². The van der Waals surface area contributed by atoms with E-state index in [0.29, 0.717) is 6.54 Å². The van der Waals surface area contributed by atoms with Gasteiger partial charge in [-0.25, -0.2) is 9.97 Å². The van der Waals surface area contributed by atoms with Crippen LogP contribution < -0.4 is 10.2 Å². The number of hydrogen-bond acceptors (Lipinski definition) is 5. The van der Waals surface area contributed by atoms with Gasteiger partial charge in [0.25, 0.3) is 0 Å². The highest BCUT2D eigenvalue weighted by molar-refractivity contribution is 5.49. The molecule has 0 spiro atoms. The highest BCUT2D eigenvalue weighted by atomic mass is 16.3. The highest BCUT2D eigenvalue weighted by Gasteiger charge is 2.09. The Labute approximate surface area is 116 Å². The van der Waals surface area contributed by atoms with Crippen molar-refractivity contribution in [1.29, 1.82) is 0 Å². The van der Waals surface area contributed by atoms with E-state index in [0.717, 1.165) is 49.8 Å². The lowest BCUT2D eigenvalue weighted by Crippen LogP contribution is -2.29. The lowest BCUT2D eigenvalue weighted by molar-refractivity contribution is 0.301. The number of aliphatic hydroxyl groups excluding tert-OH is 1. The zero-order valence-electron chi connectivity index (χ0n) is 12.3. The first kappa shape index (κ1) is 15.7. The predicted molar refractivity (Wildman–Crippen MR) is 79.8 cm³/mol. The molecule has 0 aliphatic heterocycles. The van der Waals surface area contributed by atoms with E-state index in [-0.39, 0.29) is 6.61 Å². The summed E-state index contributed by atoms with van der Waals surface area (Å²) in [4.78, 5) is 11.0. The molecule has 108 valence electrons. The highest BCUT2D eigenvalue weighted by Crippen LogP contribution is 2.16. The molecule has 19 heavy (non-hydrogen) atoms. The number of unbranched alkanes of at least 4 members (excludes halogenated alkanes) is 1. The second-order valence-corrected chi connectivity index (χ2v) is 4.65. The van der Waals surface area contributed by atoms with Crippen molar-refractivity contribution in [2.75, 3.05) is 36.5 Å². The van der Waals surface area contributed by atoms with E-state index >= 15 is 0 Å². The maximum atomic E-state index is 9.18. The Morgan fingerprint density at radius 1 is 1.21 bits per heavy atom. The molecule has 0 radical (unpaired) electrons. The molecule has 0 atom stereocenters. The lowest BCUT2D eigenvalue weighted by Gasteiger charge is -2.23. The van der Waals surface area contributed by atoms with E-state index < -0.39 is 0 Å². The minimum atomic E-state index is 0.143. The van der Waals surface area contributed by atoms with Gasteiger partial charge in [0.15, 0.2) is 0 Å². The second kappa shape index (κ2) is 8.69. The fourth-order valence-corrected chi connectivity index (χ4v) is 1.87. The van der Waals surface area contributed by atoms with Crippen LogP contribution in [0.5, 0.6) is 0 Å². The Morgan fingerprint density at radius 2 is 2.00 bits per heavy atom. The smallest absolute Gasteiger partial charge is 0.134 e. The van der Waals surface area contributed by atoms with Crippen molar-refractivity contribution in [2.24, 2.45) is 0 Å². The summed E-state index contributed by atoms with van der Waals surface area (Å²) in [7, 11) is 0. The van der Waals surface area contributed by atoms with Crippen LogP contribution in [0.15, 0.2) is 6.07 Å². The molecule has 2 N–H and O–H groups in total. The normalized spacial score (nSPS) is 10.5. The number of rotatable bonds is 9. The summed E-state index contributed by atoms with van der Waals surface area (Å²) in [6.45, 7) is 8.77. The topological polar surface area (TPSA) is 61.3 Å². The number of nitrogens with zero attached hydrogens (tertiary/aromatic N) is 3. The predicted octanol–water partition coefficient (Wildman–Crippen LogP) is 2.21. The van der Waals surface area contributed by atoms with E-state index in [1.54, 1.807) is 0 Å². The Morgan fingerprint density at radius 3 is 2.63 bits per heavy atom. The molecule has 0 aromatic carbocycles. The van der Waals surface area contributed by atoms with Crippen LogP contribution >= 0.6 is 0 Å². The molecule has 0 unspecified atom stereocenters. The fourth-order valence-electron chi connectivity index (χ4n) is 1.87. The van der Waals surface area contributed by atoms with Gasteiger partial charge in [0.1, 0.15) is 17.5 Å². The zero-order chi connectivity index (χ0) is 14.1. The monoisotopic (exact) mass is 266 g/mol. The van der Waals surface area contributed by atoms with Crippen molar-refractivity contribution in [3.63, 3.8) is 0 Å². The summed E-state index contributed by atoms with van der Waals surface area (Å²) < 4.78 is 0. The molecule has 1 heterocycles. The summed E-state index contributed by atoms with van der Waals surface area (Å²) in [6, 6.07) is 1.97. The number of aromatic nitrogens is 2. The van der Waals surface area contributed by atoms with Crippen LogP contribution in [-0.2, 0) is 0 Å². The minimum absolute atomic E-state index is 0.143. The van der Waals surface area contributed by atoms with Gasteiger partial charge in [-0.1, -0.05) is 20.3 Å². The van der Waals surface area contributed by atoms with Crippen LogP contribution in [-0.4, -0.2) is 41.3 Å². The van der Waals surface area contributed by atoms with E-state index in [4.69, 9.17) is 0 Å². The standard InChI is InChI=1S/C14H26N4O/c1-4-6-8-18(9-10-19)14-11-13(15-7-5-2)16-12(3)17-14/h11,19H,4-10H2,1-3H3,(H,15,16,17). The van der Waals surface area contributed by atoms with Crippen LogP contribution in [0, 0.1) is 6.92 Å². The number of hydrogen-bond donors (Lipinski definition) is 2. The van der Waals surface area contributed by atoms with Crippen molar-refractivity contribution in [3.8, 4) is 0 Å². The molecule has 0 saturated heterocycles. The Bertz CT molecular complexity index is 370. The maximum absolute atomic E-state index is 9.18. The van der Waals surface area contributed by atoms with Gasteiger partial charge in [0.2, 0.25) is 0 Å². The first-order chi connectivity index (χ1) is 9.21. The van der Waals surface area contributed by atoms with Gasteiger partial charge in [-0.2, -0.15) is 0 Å². The summed E-state index contributed by atoms with van der Waals surface area (Å²) >= 11 is 0. The largest absolute Gasteiger partial charge is 0.395 e. The molecule has 0 fully saturated rings. The van der Waals surface area contributed by atoms with Crippen LogP contribution in [0.3, 0.4) is 0 Å². The van der Waals surface area contributed by atoms with Crippen LogP contribution in [0.1, 0.15) is 38.9 Å². The average molecular weight is 266 g/mol. The number of anilines is 2. The van der Waals surface area contributed by atoms with Gasteiger partial charge < -0.3 is 15.3 Å². The van der Waals surface area contributed by atoms with E-state index in [1.807, 2.05) is 13.0 Å². The molecule has 0 saturated carbocycles. The van der Waals surface area contributed by atoms with E-state index in [2.05, 4.69) is 34.0 Å². The number of aryl methyl sites for hydroxylation is 1. The van der Waals surface area contributed by atoms with Gasteiger partial charge in [0.05, 0.1) is 6.61 Å². The first-order valence-corrected chi connectivity index (χ1v) is 7.16. The molecular weight excluding hydrogens is 240 g/mol. The van der Waals surface area contributed by atoms with Crippen LogP contribution in [0.2, 0.25) is 0 Å². The van der Waals surface area contributed by atoms with Gasteiger partial charge in [-0.3, -0.25) is 0 Å². The van der Waals surface area contributed by atoms with Gasteiger partial charge >= 0.3 is 0 Å². The average Bonchev–Trinajstić information content (AvgIpc) is 2.40. The summed E-state index contributed by atoms with van der Waals surface area (Å²) in [6.07, 6.45) is 3.29.